The molecule has 0 aliphatic carbocycles. The van der Waals surface area contributed by atoms with E-state index in [4.69, 9.17) is 0 Å². The number of carbonyl (C=O) groups is 2. The Morgan fingerprint density at radius 2 is 1.95 bits per heavy atom. The van der Waals surface area contributed by atoms with Crippen LogP contribution < -0.4 is 10.6 Å². The van der Waals surface area contributed by atoms with Gasteiger partial charge in [0, 0.05) is 13.1 Å². The number of hydrogen-bond acceptors (Lipinski definition) is 3. The second kappa shape index (κ2) is 7.78. The molecule has 1 fully saturated rings. The molecular weight excluding hydrogens is 268 g/mol. The molecule has 1 amide bonds. The maximum atomic E-state index is 12.7. The van der Waals surface area contributed by atoms with Crippen molar-refractivity contribution < 1.29 is 14.7 Å². The Morgan fingerprint density at radius 1 is 1.29 bits per heavy atom. The number of rotatable bonds is 8. The van der Waals surface area contributed by atoms with Crippen LogP contribution in [0.2, 0.25) is 0 Å². The van der Waals surface area contributed by atoms with Gasteiger partial charge in [-0.15, -0.1) is 0 Å². The fraction of sp³-hybridized carbons (Fsp3) is 0.875. The van der Waals surface area contributed by atoms with Crippen molar-refractivity contribution in [2.45, 2.75) is 59.3 Å². The second-order valence-electron chi connectivity index (χ2n) is 6.29. The average Bonchev–Trinajstić information content (AvgIpc) is 2.49. The Hall–Kier alpha value is -1.10. The smallest absolute Gasteiger partial charge is 0.311 e. The molecule has 1 atom stereocenters. The number of amides is 1. The number of hydrogen-bond donors (Lipinski definition) is 3. The first-order valence-corrected chi connectivity index (χ1v) is 8.19. The van der Waals surface area contributed by atoms with Gasteiger partial charge in [-0.25, -0.2) is 0 Å². The highest BCUT2D eigenvalue weighted by molar-refractivity contribution is 5.84. The van der Waals surface area contributed by atoms with Crippen LogP contribution in [0.4, 0.5) is 0 Å². The second-order valence-corrected chi connectivity index (χ2v) is 6.29. The number of carboxylic acids is 1. The van der Waals surface area contributed by atoms with Gasteiger partial charge in [0.15, 0.2) is 0 Å². The maximum absolute atomic E-state index is 12.7. The largest absolute Gasteiger partial charge is 0.481 e. The summed E-state index contributed by atoms with van der Waals surface area (Å²) in [6.45, 7) is 7.71. The van der Waals surface area contributed by atoms with Crippen LogP contribution in [0, 0.1) is 10.8 Å². The standard InChI is InChI=1S/C16H30N2O3/c1-4-8-16(9-7-10-17-11-16)13(19)18-12-15(5-2,6-3)14(20)21/h17H,4-12H2,1-3H3,(H,18,19)(H,20,21). The van der Waals surface area contributed by atoms with Crippen LogP contribution in [0.1, 0.15) is 59.3 Å². The lowest BCUT2D eigenvalue weighted by Gasteiger charge is -2.37. The van der Waals surface area contributed by atoms with Crippen LogP contribution in [-0.4, -0.2) is 36.6 Å². The Morgan fingerprint density at radius 3 is 2.38 bits per heavy atom. The normalized spacial score (nSPS) is 22.8. The fourth-order valence-electron chi connectivity index (χ4n) is 3.28. The lowest BCUT2D eigenvalue weighted by molar-refractivity contribution is -0.149. The molecule has 1 rings (SSSR count). The van der Waals surface area contributed by atoms with Gasteiger partial charge >= 0.3 is 5.97 Å². The summed E-state index contributed by atoms with van der Waals surface area (Å²) in [6.07, 6.45) is 4.75. The topological polar surface area (TPSA) is 78.4 Å². The third-order valence-corrected chi connectivity index (χ3v) is 5.08. The Labute approximate surface area is 127 Å². The molecule has 3 N–H and O–H groups in total. The fourth-order valence-corrected chi connectivity index (χ4v) is 3.28. The third-order valence-electron chi connectivity index (χ3n) is 5.08. The molecule has 21 heavy (non-hydrogen) atoms. The Balaban J connectivity index is 2.75. The molecule has 0 aromatic heterocycles. The highest BCUT2D eigenvalue weighted by atomic mass is 16.4. The van der Waals surface area contributed by atoms with Crippen LogP contribution in [0.25, 0.3) is 0 Å². The summed E-state index contributed by atoms with van der Waals surface area (Å²) in [6, 6.07) is 0. The molecule has 0 saturated carbocycles. The summed E-state index contributed by atoms with van der Waals surface area (Å²) >= 11 is 0. The number of carboxylic acid groups (broad SMARTS) is 1. The summed E-state index contributed by atoms with van der Waals surface area (Å²) in [4.78, 5) is 24.2. The van der Waals surface area contributed by atoms with E-state index in [-0.39, 0.29) is 17.9 Å². The monoisotopic (exact) mass is 298 g/mol. The summed E-state index contributed by atoms with van der Waals surface area (Å²) in [5.74, 6) is -0.803. The van der Waals surface area contributed by atoms with Gasteiger partial charge in [0.25, 0.3) is 0 Å². The van der Waals surface area contributed by atoms with Gasteiger partial charge in [-0.3, -0.25) is 9.59 Å². The molecule has 0 aromatic rings. The van der Waals surface area contributed by atoms with Crippen molar-refractivity contribution in [3.8, 4) is 0 Å². The first-order valence-electron chi connectivity index (χ1n) is 8.19. The average molecular weight is 298 g/mol. The van der Waals surface area contributed by atoms with E-state index in [2.05, 4.69) is 17.6 Å². The van der Waals surface area contributed by atoms with Crippen molar-refractivity contribution in [1.29, 1.82) is 0 Å². The van der Waals surface area contributed by atoms with Crippen LogP contribution in [0.15, 0.2) is 0 Å². The van der Waals surface area contributed by atoms with Crippen molar-refractivity contribution in [2.75, 3.05) is 19.6 Å². The van der Waals surface area contributed by atoms with Gasteiger partial charge in [-0.05, 0) is 38.6 Å². The minimum atomic E-state index is -0.842. The van der Waals surface area contributed by atoms with Crippen molar-refractivity contribution in [2.24, 2.45) is 10.8 Å². The summed E-state index contributed by atoms with van der Waals surface area (Å²) in [5.41, 5.74) is -1.20. The minimum Gasteiger partial charge on any atom is -0.481 e. The van der Waals surface area contributed by atoms with Crippen LogP contribution in [0.3, 0.4) is 0 Å². The molecule has 0 radical (unpaired) electrons. The number of aliphatic carboxylic acids is 1. The zero-order chi connectivity index (χ0) is 15.9. The molecule has 5 nitrogen and oxygen atoms in total. The molecule has 1 unspecified atom stereocenters. The molecular formula is C16H30N2O3. The molecule has 0 bridgehead atoms. The van der Waals surface area contributed by atoms with E-state index in [9.17, 15) is 14.7 Å². The first kappa shape index (κ1) is 18.0. The van der Waals surface area contributed by atoms with E-state index in [1.165, 1.54) is 0 Å². The molecule has 1 saturated heterocycles. The predicted molar refractivity (Wildman–Crippen MR) is 83.1 cm³/mol. The summed E-state index contributed by atoms with van der Waals surface area (Å²) < 4.78 is 0. The SMILES string of the molecule is CCCC1(C(=O)NCC(CC)(CC)C(=O)O)CCCNC1. The predicted octanol–water partition coefficient (Wildman–Crippen LogP) is 2.16. The Bertz CT molecular complexity index is 353. The van der Waals surface area contributed by atoms with Gasteiger partial charge < -0.3 is 15.7 Å². The molecule has 1 aliphatic heterocycles. The first-order chi connectivity index (χ1) is 9.96. The maximum Gasteiger partial charge on any atom is 0.311 e. The summed E-state index contributed by atoms with van der Waals surface area (Å²) in [7, 11) is 0. The number of carbonyl (C=O) groups excluding carboxylic acids is 1. The number of piperidine rings is 1. The Kier molecular flexibility index (Phi) is 6.65. The molecule has 1 heterocycles. The highest BCUT2D eigenvalue weighted by Crippen LogP contribution is 2.33. The molecule has 0 spiro atoms. The lowest BCUT2D eigenvalue weighted by atomic mass is 9.75. The quantitative estimate of drug-likeness (QED) is 0.641. The molecule has 122 valence electrons. The minimum absolute atomic E-state index is 0.0177. The van der Waals surface area contributed by atoms with Crippen molar-refractivity contribution in [3.05, 3.63) is 0 Å². The van der Waals surface area contributed by atoms with E-state index >= 15 is 0 Å². The van der Waals surface area contributed by atoms with E-state index < -0.39 is 11.4 Å². The molecule has 1 aliphatic rings. The van der Waals surface area contributed by atoms with Gasteiger partial charge in [-0.1, -0.05) is 27.2 Å². The zero-order valence-corrected chi connectivity index (χ0v) is 13.6. The van der Waals surface area contributed by atoms with Crippen molar-refractivity contribution in [1.82, 2.24) is 10.6 Å². The van der Waals surface area contributed by atoms with Crippen molar-refractivity contribution >= 4 is 11.9 Å². The summed E-state index contributed by atoms with van der Waals surface area (Å²) in [5, 5.41) is 15.7. The van der Waals surface area contributed by atoms with Gasteiger partial charge in [0.05, 0.1) is 10.8 Å². The van der Waals surface area contributed by atoms with E-state index in [0.29, 0.717) is 19.4 Å². The van der Waals surface area contributed by atoms with E-state index in [1.54, 1.807) is 0 Å². The third kappa shape index (κ3) is 3.96. The zero-order valence-electron chi connectivity index (χ0n) is 13.6. The van der Waals surface area contributed by atoms with E-state index in [1.807, 2.05) is 13.8 Å². The van der Waals surface area contributed by atoms with Crippen LogP contribution >= 0.6 is 0 Å². The lowest BCUT2D eigenvalue weighted by Crippen LogP contribution is -2.53. The number of nitrogens with one attached hydrogen (secondary N) is 2. The molecule has 0 aromatic carbocycles. The van der Waals surface area contributed by atoms with E-state index in [0.717, 1.165) is 32.2 Å². The van der Waals surface area contributed by atoms with Crippen molar-refractivity contribution in [3.63, 3.8) is 0 Å². The van der Waals surface area contributed by atoms with Crippen LogP contribution in [0.5, 0.6) is 0 Å². The van der Waals surface area contributed by atoms with Gasteiger partial charge in [0.1, 0.15) is 0 Å². The van der Waals surface area contributed by atoms with Gasteiger partial charge in [0.2, 0.25) is 5.91 Å². The highest BCUT2D eigenvalue weighted by Gasteiger charge is 2.41. The molecule has 5 heteroatoms. The van der Waals surface area contributed by atoms with Gasteiger partial charge in [-0.2, -0.15) is 0 Å². The van der Waals surface area contributed by atoms with Crippen LogP contribution in [-0.2, 0) is 9.59 Å².